The van der Waals surface area contributed by atoms with Crippen molar-refractivity contribution in [1.82, 2.24) is 19.9 Å². The number of nitrogen functional groups attached to an aromatic ring is 1. The summed E-state index contributed by atoms with van der Waals surface area (Å²) in [6.07, 6.45) is 1.60. The molecule has 3 aromatic rings. The number of benzene rings is 1. The molecular formula is C14H16N6. The number of rotatable bonds is 3. The van der Waals surface area contributed by atoms with Crippen molar-refractivity contribution in [2.75, 3.05) is 17.7 Å². The van der Waals surface area contributed by atoms with E-state index in [1.54, 1.807) is 6.33 Å². The second kappa shape index (κ2) is 4.80. The van der Waals surface area contributed by atoms with Crippen LogP contribution in [0.4, 0.5) is 11.8 Å². The third-order valence-corrected chi connectivity index (χ3v) is 3.15. The minimum atomic E-state index is 0.232. The minimum Gasteiger partial charge on any atom is -0.368 e. The molecule has 0 aliphatic carbocycles. The van der Waals surface area contributed by atoms with Crippen LogP contribution in [0, 0.1) is 6.92 Å². The Morgan fingerprint density at radius 1 is 1.30 bits per heavy atom. The fraction of sp³-hybridized carbons (Fsp3) is 0.214. The molecule has 6 heteroatoms. The second-order valence-electron chi connectivity index (χ2n) is 4.85. The van der Waals surface area contributed by atoms with E-state index in [1.165, 1.54) is 11.1 Å². The zero-order valence-electron chi connectivity index (χ0n) is 11.5. The van der Waals surface area contributed by atoms with Crippen LogP contribution in [0.1, 0.15) is 11.1 Å². The van der Waals surface area contributed by atoms with Crippen LogP contribution >= 0.6 is 0 Å². The number of aromatic amines is 1. The molecule has 102 valence electrons. The molecule has 6 nitrogen and oxygen atoms in total. The summed E-state index contributed by atoms with van der Waals surface area (Å²) >= 11 is 0. The lowest BCUT2D eigenvalue weighted by Gasteiger charge is -2.19. The topological polar surface area (TPSA) is 83.7 Å². The predicted molar refractivity (Wildman–Crippen MR) is 79.4 cm³/mol. The number of nitrogens with one attached hydrogen (secondary N) is 1. The zero-order chi connectivity index (χ0) is 14.1. The monoisotopic (exact) mass is 268 g/mol. The molecule has 2 heterocycles. The van der Waals surface area contributed by atoms with Gasteiger partial charge in [0.1, 0.15) is 5.52 Å². The van der Waals surface area contributed by atoms with Crippen LogP contribution in [0.5, 0.6) is 0 Å². The Balaban J connectivity index is 1.96. The van der Waals surface area contributed by atoms with Crippen molar-refractivity contribution < 1.29 is 0 Å². The first-order chi connectivity index (χ1) is 9.63. The first-order valence-electron chi connectivity index (χ1n) is 6.37. The Morgan fingerprint density at radius 3 is 2.95 bits per heavy atom. The number of imidazole rings is 1. The SMILES string of the molecule is Cc1cccc(CN(C)c2nc(N)nc3nc[nH]c23)c1. The van der Waals surface area contributed by atoms with Gasteiger partial charge in [0.2, 0.25) is 5.95 Å². The van der Waals surface area contributed by atoms with Gasteiger partial charge >= 0.3 is 0 Å². The van der Waals surface area contributed by atoms with Crippen LogP contribution in [-0.4, -0.2) is 27.0 Å². The molecule has 3 N–H and O–H groups in total. The fourth-order valence-electron chi connectivity index (χ4n) is 2.27. The number of aromatic nitrogens is 4. The van der Waals surface area contributed by atoms with E-state index in [1.807, 2.05) is 11.9 Å². The number of hydrogen-bond donors (Lipinski definition) is 2. The highest BCUT2D eigenvalue weighted by Gasteiger charge is 2.12. The number of H-pyrrole nitrogens is 1. The highest BCUT2D eigenvalue weighted by molar-refractivity contribution is 5.83. The van der Waals surface area contributed by atoms with Crippen LogP contribution in [0.15, 0.2) is 30.6 Å². The summed E-state index contributed by atoms with van der Waals surface area (Å²) in [5, 5.41) is 0. The molecule has 0 bridgehead atoms. The van der Waals surface area contributed by atoms with Gasteiger partial charge in [-0.1, -0.05) is 29.8 Å². The Morgan fingerprint density at radius 2 is 2.15 bits per heavy atom. The van der Waals surface area contributed by atoms with Gasteiger partial charge in [-0.3, -0.25) is 0 Å². The molecule has 0 aliphatic heterocycles. The minimum absolute atomic E-state index is 0.232. The van der Waals surface area contributed by atoms with Crippen molar-refractivity contribution in [2.45, 2.75) is 13.5 Å². The van der Waals surface area contributed by atoms with E-state index in [4.69, 9.17) is 5.73 Å². The Kier molecular flexibility index (Phi) is 2.98. The van der Waals surface area contributed by atoms with Gasteiger partial charge in [0, 0.05) is 13.6 Å². The molecule has 1 aromatic carbocycles. The Hall–Kier alpha value is -2.63. The van der Waals surface area contributed by atoms with E-state index in [-0.39, 0.29) is 5.95 Å². The van der Waals surface area contributed by atoms with Crippen molar-refractivity contribution in [3.8, 4) is 0 Å². The van der Waals surface area contributed by atoms with E-state index in [9.17, 15) is 0 Å². The molecule has 0 radical (unpaired) electrons. The molecule has 0 unspecified atom stereocenters. The second-order valence-corrected chi connectivity index (χ2v) is 4.85. The number of nitrogens with zero attached hydrogens (tertiary/aromatic N) is 4. The lowest BCUT2D eigenvalue weighted by molar-refractivity contribution is 0.899. The van der Waals surface area contributed by atoms with E-state index < -0.39 is 0 Å². The molecule has 0 atom stereocenters. The molecule has 0 saturated heterocycles. The van der Waals surface area contributed by atoms with E-state index in [0.29, 0.717) is 5.65 Å². The molecule has 0 saturated carbocycles. The van der Waals surface area contributed by atoms with Crippen LogP contribution < -0.4 is 10.6 Å². The summed E-state index contributed by atoms with van der Waals surface area (Å²) < 4.78 is 0. The third-order valence-electron chi connectivity index (χ3n) is 3.15. The van der Waals surface area contributed by atoms with Crippen molar-refractivity contribution in [2.24, 2.45) is 0 Å². The number of nitrogens with two attached hydrogens (primary N) is 1. The first kappa shape index (κ1) is 12.4. The van der Waals surface area contributed by atoms with Gasteiger partial charge in [0.05, 0.1) is 6.33 Å². The average Bonchev–Trinajstić information content (AvgIpc) is 2.85. The summed E-state index contributed by atoms with van der Waals surface area (Å²) in [4.78, 5) is 17.6. The first-order valence-corrected chi connectivity index (χ1v) is 6.37. The smallest absolute Gasteiger partial charge is 0.224 e. The van der Waals surface area contributed by atoms with E-state index in [2.05, 4.69) is 51.1 Å². The van der Waals surface area contributed by atoms with Gasteiger partial charge in [-0.15, -0.1) is 0 Å². The summed E-state index contributed by atoms with van der Waals surface area (Å²) in [5.74, 6) is 0.988. The maximum atomic E-state index is 5.74. The van der Waals surface area contributed by atoms with Gasteiger partial charge < -0.3 is 15.6 Å². The third kappa shape index (κ3) is 2.27. The molecule has 0 amide bonds. The maximum Gasteiger partial charge on any atom is 0.224 e. The highest BCUT2D eigenvalue weighted by atomic mass is 15.2. The number of fused-ring (bicyclic) bond motifs is 1. The standard InChI is InChI=1S/C14H16N6/c1-9-4-3-5-10(6-9)7-20(2)13-11-12(17-8-16-11)18-14(15)19-13/h3-6,8H,7H2,1-2H3,(H3,15,16,17,18,19). The number of hydrogen-bond acceptors (Lipinski definition) is 5. The molecule has 0 spiro atoms. The van der Waals surface area contributed by atoms with Gasteiger partial charge in [-0.05, 0) is 12.5 Å². The molecule has 3 rings (SSSR count). The van der Waals surface area contributed by atoms with Crippen molar-refractivity contribution >= 4 is 22.9 Å². The summed E-state index contributed by atoms with van der Waals surface area (Å²) in [5.41, 5.74) is 9.58. The maximum absolute atomic E-state index is 5.74. The largest absolute Gasteiger partial charge is 0.368 e. The average molecular weight is 268 g/mol. The van der Waals surface area contributed by atoms with E-state index in [0.717, 1.165) is 17.9 Å². The predicted octanol–water partition coefficient (Wildman–Crippen LogP) is 1.88. The molecule has 0 aliphatic rings. The van der Waals surface area contributed by atoms with Gasteiger partial charge in [-0.2, -0.15) is 9.97 Å². The highest BCUT2D eigenvalue weighted by Crippen LogP contribution is 2.22. The van der Waals surface area contributed by atoms with Gasteiger partial charge in [0.15, 0.2) is 11.5 Å². The fourth-order valence-corrected chi connectivity index (χ4v) is 2.27. The van der Waals surface area contributed by atoms with Crippen LogP contribution in [0.25, 0.3) is 11.2 Å². The molecule has 2 aromatic heterocycles. The molecule has 20 heavy (non-hydrogen) atoms. The van der Waals surface area contributed by atoms with Crippen molar-refractivity contribution in [1.29, 1.82) is 0 Å². The summed E-state index contributed by atoms with van der Waals surface area (Å²) in [6.45, 7) is 2.82. The van der Waals surface area contributed by atoms with Crippen LogP contribution in [0.2, 0.25) is 0 Å². The van der Waals surface area contributed by atoms with Crippen LogP contribution in [-0.2, 0) is 6.54 Å². The van der Waals surface area contributed by atoms with Crippen molar-refractivity contribution in [3.05, 3.63) is 41.7 Å². The zero-order valence-corrected chi connectivity index (χ0v) is 11.5. The van der Waals surface area contributed by atoms with Crippen LogP contribution in [0.3, 0.4) is 0 Å². The summed E-state index contributed by atoms with van der Waals surface area (Å²) in [7, 11) is 1.98. The lowest BCUT2D eigenvalue weighted by Crippen LogP contribution is -2.19. The molecular weight excluding hydrogens is 252 g/mol. The Bertz CT molecular complexity index is 748. The number of aryl methyl sites for hydroxylation is 1. The number of anilines is 2. The lowest BCUT2D eigenvalue weighted by atomic mass is 10.1. The quantitative estimate of drug-likeness (QED) is 0.757. The van der Waals surface area contributed by atoms with Gasteiger partial charge in [0.25, 0.3) is 0 Å². The normalized spacial score (nSPS) is 10.9. The Labute approximate surface area is 116 Å². The van der Waals surface area contributed by atoms with Crippen molar-refractivity contribution in [3.63, 3.8) is 0 Å². The van der Waals surface area contributed by atoms with E-state index >= 15 is 0 Å². The summed E-state index contributed by atoms with van der Waals surface area (Å²) in [6, 6.07) is 8.39. The molecule has 0 fully saturated rings. The van der Waals surface area contributed by atoms with Gasteiger partial charge in [-0.25, -0.2) is 4.98 Å².